The van der Waals surface area contributed by atoms with Gasteiger partial charge in [-0.25, -0.2) is 12.7 Å². The first-order valence-corrected chi connectivity index (χ1v) is 10.1. The Hall–Kier alpha value is -2.93. The van der Waals surface area contributed by atoms with E-state index in [-0.39, 0.29) is 23.0 Å². The van der Waals surface area contributed by atoms with E-state index < -0.39 is 15.9 Å². The smallest absolute Gasteiger partial charge is 0.275 e. The van der Waals surface area contributed by atoms with Crippen molar-refractivity contribution in [2.45, 2.75) is 25.2 Å². The molecule has 0 spiro atoms. The van der Waals surface area contributed by atoms with Crippen molar-refractivity contribution in [2.24, 2.45) is 0 Å². The summed E-state index contributed by atoms with van der Waals surface area (Å²) in [6.45, 7) is 3.16. The van der Waals surface area contributed by atoms with E-state index in [4.69, 9.17) is 0 Å². The van der Waals surface area contributed by atoms with Crippen LogP contribution in [0.1, 0.15) is 35.6 Å². The topological polar surface area (TPSA) is 76.5 Å². The number of aromatic nitrogens is 1. The van der Waals surface area contributed by atoms with Crippen molar-refractivity contribution in [1.29, 1.82) is 0 Å². The summed E-state index contributed by atoms with van der Waals surface area (Å²) < 4.78 is 28.2. The molecule has 0 aliphatic heterocycles. The molecule has 0 N–H and O–H groups in total. The van der Waals surface area contributed by atoms with Crippen molar-refractivity contribution in [1.82, 2.24) is 8.87 Å². The van der Waals surface area contributed by atoms with E-state index in [1.165, 1.54) is 23.6 Å². The number of carbonyl (C=O) groups excluding carboxylic acids is 2. The van der Waals surface area contributed by atoms with E-state index >= 15 is 0 Å². The van der Waals surface area contributed by atoms with Gasteiger partial charge in [-0.3, -0.25) is 14.2 Å². The van der Waals surface area contributed by atoms with Crippen LogP contribution in [0.15, 0.2) is 65.6 Å². The quantitative estimate of drug-likeness (QED) is 0.674. The second kappa shape index (κ2) is 7.36. The number of carbonyl (C=O) groups is 2. The van der Waals surface area contributed by atoms with Crippen LogP contribution in [0.5, 0.6) is 0 Å². The Bertz CT molecular complexity index is 1100. The number of nitrogens with zero attached hydrogens (tertiary/aromatic N) is 2. The minimum atomic E-state index is -4.03. The van der Waals surface area contributed by atoms with Gasteiger partial charge in [0.05, 0.1) is 10.4 Å². The Balaban J connectivity index is 2.16. The maximum absolute atomic E-state index is 13.2. The summed E-state index contributed by atoms with van der Waals surface area (Å²) in [5.41, 5.74) is 0.610. The molecule has 0 fully saturated rings. The first kappa shape index (κ1) is 18.8. The lowest BCUT2D eigenvalue weighted by atomic mass is 10.2. The number of para-hydroxylation sites is 1. The number of benzene rings is 2. The van der Waals surface area contributed by atoms with Gasteiger partial charge in [0, 0.05) is 18.9 Å². The van der Waals surface area contributed by atoms with Crippen LogP contribution in [0.3, 0.4) is 0 Å². The standard InChI is InChI=1S/C20H20N2O4S/c1-3-13-21(27(25,26)17-10-5-4-6-11-17)20(24)19-14-16-9-7-8-12-18(16)22(19)15(2)23/h4-12,14H,3,13H2,1-2H3. The Morgan fingerprint density at radius 2 is 1.63 bits per heavy atom. The van der Waals surface area contributed by atoms with E-state index in [9.17, 15) is 18.0 Å². The fourth-order valence-electron chi connectivity index (χ4n) is 3.03. The van der Waals surface area contributed by atoms with Gasteiger partial charge in [0.25, 0.3) is 15.9 Å². The maximum atomic E-state index is 13.2. The van der Waals surface area contributed by atoms with Gasteiger partial charge >= 0.3 is 0 Å². The van der Waals surface area contributed by atoms with Crippen LogP contribution in [0.2, 0.25) is 0 Å². The van der Waals surface area contributed by atoms with Crippen molar-refractivity contribution in [3.63, 3.8) is 0 Å². The summed E-state index contributed by atoms with van der Waals surface area (Å²) >= 11 is 0. The molecule has 0 unspecified atom stereocenters. The van der Waals surface area contributed by atoms with Crippen molar-refractivity contribution in [3.8, 4) is 0 Å². The van der Waals surface area contributed by atoms with Crippen LogP contribution in [-0.4, -0.2) is 35.6 Å². The number of fused-ring (bicyclic) bond motifs is 1. The predicted octanol–water partition coefficient (Wildman–Crippen LogP) is 3.54. The molecule has 0 bridgehead atoms. The lowest BCUT2D eigenvalue weighted by Gasteiger charge is -2.22. The molecule has 0 atom stereocenters. The van der Waals surface area contributed by atoms with Crippen LogP contribution in [0.4, 0.5) is 0 Å². The highest BCUT2D eigenvalue weighted by Gasteiger charge is 2.32. The molecule has 0 saturated carbocycles. The van der Waals surface area contributed by atoms with Crippen LogP contribution in [-0.2, 0) is 10.0 Å². The molecule has 2 aromatic carbocycles. The summed E-state index contributed by atoms with van der Waals surface area (Å²) in [7, 11) is -4.03. The van der Waals surface area contributed by atoms with E-state index in [2.05, 4.69) is 0 Å². The van der Waals surface area contributed by atoms with E-state index in [0.29, 0.717) is 17.3 Å². The predicted molar refractivity (Wildman–Crippen MR) is 103 cm³/mol. The summed E-state index contributed by atoms with van der Waals surface area (Å²) in [5, 5.41) is 0.699. The molecule has 6 nitrogen and oxygen atoms in total. The van der Waals surface area contributed by atoms with Gasteiger partial charge in [-0.1, -0.05) is 43.3 Å². The second-order valence-electron chi connectivity index (χ2n) is 6.14. The van der Waals surface area contributed by atoms with Crippen LogP contribution >= 0.6 is 0 Å². The number of amides is 1. The minimum Gasteiger partial charge on any atom is -0.275 e. The van der Waals surface area contributed by atoms with E-state index in [1.54, 1.807) is 55.5 Å². The fraction of sp³-hybridized carbons (Fsp3) is 0.200. The lowest BCUT2D eigenvalue weighted by Crippen LogP contribution is -2.38. The maximum Gasteiger partial charge on any atom is 0.284 e. The Labute approximate surface area is 158 Å². The van der Waals surface area contributed by atoms with Crippen molar-refractivity contribution < 1.29 is 18.0 Å². The average molecular weight is 384 g/mol. The zero-order valence-corrected chi connectivity index (χ0v) is 15.9. The lowest BCUT2D eigenvalue weighted by molar-refractivity contribution is 0.0828. The largest absolute Gasteiger partial charge is 0.284 e. The minimum absolute atomic E-state index is 0.0233. The normalized spacial score (nSPS) is 11.5. The zero-order valence-electron chi connectivity index (χ0n) is 15.1. The van der Waals surface area contributed by atoms with Gasteiger partial charge in [-0.2, -0.15) is 0 Å². The molecule has 140 valence electrons. The first-order chi connectivity index (χ1) is 12.9. The monoisotopic (exact) mass is 384 g/mol. The summed E-state index contributed by atoms with van der Waals surface area (Å²) in [5.74, 6) is -1.07. The van der Waals surface area contributed by atoms with E-state index in [1.807, 2.05) is 0 Å². The van der Waals surface area contributed by atoms with Gasteiger partial charge in [0.15, 0.2) is 0 Å². The van der Waals surface area contributed by atoms with E-state index in [0.717, 1.165) is 4.31 Å². The van der Waals surface area contributed by atoms with Crippen molar-refractivity contribution >= 4 is 32.7 Å². The molecular formula is C20H20N2O4S. The molecule has 27 heavy (non-hydrogen) atoms. The SMILES string of the molecule is CCCN(C(=O)c1cc2ccccc2n1C(C)=O)S(=O)(=O)c1ccccc1. The highest BCUT2D eigenvalue weighted by molar-refractivity contribution is 7.89. The van der Waals surface area contributed by atoms with Crippen LogP contribution in [0.25, 0.3) is 10.9 Å². The zero-order chi connectivity index (χ0) is 19.6. The van der Waals surface area contributed by atoms with Gasteiger partial charge in [0.2, 0.25) is 5.91 Å². The molecule has 1 amide bonds. The number of rotatable bonds is 5. The molecule has 3 rings (SSSR count). The molecule has 0 saturated heterocycles. The third kappa shape index (κ3) is 3.38. The molecule has 7 heteroatoms. The number of hydrogen-bond acceptors (Lipinski definition) is 4. The summed E-state index contributed by atoms with van der Waals surface area (Å²) in [6.07, 6.45) is 0.456. The molecule has 0 aliphatic rings. The average Bonchev–Trinajstić information content (AvgIpc) is 3.06. The summed E-state index contributed by atoms with van der Waals surface area (Å²) in [6, 6.07) is 16.4. The molecular weight excluding hydrogens is 364 g/mol. The fourth-order valence-corrected chi connectivity index (χ4v) is 4.52. The second-order valence-corrected chi connectivity index (χ2v) is 8.00. The first-order valence-electron chi connectivity index (χ1n) is 8.61. The van der Waals surface area contributed by atoms with Gasteiger partial charge < -0.3 is 0 Å². The molecule has 0 aliphatic carbocycles. The van der Waals surface area contributed by atoms with Crippen molar-refractivity contribution in [2.75, 3.05) is 6.54 Å². The Morgan fingerprint density at radius 3 is 2.26 bits per heavy atom. The van der Waals surface area contributed by atoms with Gasteiger partial charge in [0.1, 0.15) is 5.69 Å². The van der Waals surface area contributed by atoms with Gasteiger partial charge in [-0.15, -0.1) is 0 Å². The summed E-state index contributed by atoms with van der Waals surface area (Å²) in [4.78, 5) is 25.5. The molecule has 3 aromatic rings. The Morgan fingerprint density at radius 1 is 1.00 bits per heavy atom. The number of hydrogen-bond donors (Lipinski definition) is 0. The van der Waals surface area contributed by atoms with Crippen molar-refractivity contribution in [3.05, 3.63) is 66.4 Å². The molecule has 1 aromatic heterocycles. The molecule has 0 radical (unpaired) electrons. The highest BCUT2D eigenvalue weighted by atomic mass is 32.2. The van der Waals surface area contributed by atoms with Crippen LogP contribution < -0.4 is 0 Å². The molecule has 1 heterocycles. The van der Waals surface area contributed by atoms with Crippen LogP contribution in [0, 0.1) is 0 Å². The Kier molecular flexibility index (Phi) is 5.14. The number of sulfonamides is 1. The highest BCUT2D eigenvalue weighted by Crippen LogP contribution is 2.24. The van der Waals surface area contributed by atoms with Gasteiger partial charge in [-0.05, 0) is 30.7 Å². The third-order valence-corrected chi connectivity index (χ3v) is 6.03. The third-order valence-electron chi connectivity index (χ3n) is 4.23.